The molecule has 1 aromatic carbocycles. The number of nitrogens with zero attached hydrogens (tertiary/aromatic N) is 2. The first-order valence-electron chi connectivity index (χ1n) is 7.09. The SMILES string of the molecule is CCNc1nc(-c2ccc(F)cc2C)nc2c1CCC2. The maximum absolute atomic E-state index is 13.2. The molecule has 0 aliphatic heterocycles. The van der Waals surface area contributed by atoms with Crippen LogP contribution in [-0.4, -0.2) is 16.5 Å². The number of fused-ring (bicyclic) bond motifs is 1. The van der Waals surface area contributed by atoms with Gasteiger partial charge in [0.25, 0.3) is 0 Å². The molecule has 0 fully saturated rings. The van der Waals surface area contributed by atoms with Crippen molar-refractivity contribution in [2.45, 2.75) is 33.1 Å². The average molecular weight is 271 g/mol. The molecule has 3 rings (SSSR count). The molecule has 4 heteroatoms. The second-order valence-electron chi connectivity index (χ2n) is 5.16. The standard InChI is InChI=1S/C16H18FN3/c1-3-18-15-13-5-4-6-14(13)19-16(20-15)12-8-7-11(17)9-10(12)2/h7-9H,3-6H2,1-2H3,(H,18,19,20). The van der Waals surface area contributed by atoms with E-state index in [0.29, 0.717) is 5.82 Å². The highest BCUT2D eigenvalue weighted by atomic mass is 19.1. The van der Waals surface area contributed by atoms with Gasteiger partial charge in [-0.2, -0.15) is 0 Å². The lowest BCUT2D eigenvalue weighted by molar-refractivity contribution is 0.627. The Kier molecular flexibility index (Phi) is 3.38. The molecule has 0 saturated heterocycles. The lowest BCUT2D eigenvalue weighted by atomic mass is 10.1. The van der Waals surface area contributed by atoms with Gasteiger partial charge in [-0.25, -0.2) is 14.4 Å². The first-order chi connectivity index (χ1) is 9.69. The maximum atomic E-state index is 13.2. The Bertz CT molecular complexity index is 652. The lowest BCUT2D eigenvalue weighted by Crippen LogP contribution is -2.07. The van der Waals surface area contributed by atoms with Crippen LogP contribution in [-0.2, 0) is 12.8 Å². The van der Waals surface area contributed by atoms with Crippen molar-refractivity contribution in [2.24, 2.45) is 0 Å². The summed E-state index contributed by atoms with van der Waals surface area (Å²) in [5, 5.41) is 3.32. The molecule has 1 aromatic heterocycles. The fourth-order valence-corrected chi connectivity index (χ4v) is 2.74. The molecular weight excluding hydrogens is 253 g/mol. The molecule has 20 heavy (non-hydrogen) atoms. The van der Waals surface area contributed by atoms with Crippen LogP contribution in [0.1, 0.15) is 30.2 Å². The normalized spacial score (nSPS) is 13.3. The van der Waals surface area contributed by atoms with E-state index in [2.05, 4.69) is 22.2 Å². The fraction of sp³-hybridized carbons (Fsp3) is 0.375. The van der Waals surface area contributed by atoms with Gasteiger partial charge in [0.05, 0.1) is 0 Å². The highest BCUT2D eigenvalue weighted by Gasteiger charge is 2.20. The molecule has 0 saturated carbocycles. The fourth-order valence-electron chi connectivity index (χ4n) is 2.74. The number of hydrogen-bond acceptors (Lipinski definition) is 3. The van der Waals surface area contributed by atoms with Crippen molar-refractivity contribution >= 4 is 5.82 Å². The van der Waals surface area contributed by atoms with Crippen molar-refractivity contribution < 1.29 is 4.39 Å². The van der Waals surface area contributed by atoms with Gasteiger partial charge in [0.1, 0.15) is 11.6 Å². The summed E-state index contributed by atoms with van der Waals surface area (Å²) in [4.78, 5) is 9.33. The first-order valence-corrected chi connectivity index (χ1v) is 7.09. The van der Waals surface area contributed by atoms with Crippen LogP contribution in [0.2, 0.25) is 0 Å². The highest BCUT2D eigenvalue weighted by molar-refractivity contribution is 5.63. The van der Waals surface area contributed by atoms with E-state index in [1.165, 1.54) is 17.7 Å². The van der Waals surface area contributed by atoms with E-state index < -0.39 is 0 Å². The van der Waals surface area contributed by atoms with Gasteiger partial charge in [0.2, 0.25) is 0 Å². The Morgan fingerprint density at radius 2 is 2.10 bits per heavy atom. The van der Waals surface area contributed by atoms with Crippen molar-refractivity contribution in [1.29, 1.82) is 0 Å². The maximum Gasteiger partial charge on any atom is 0.162 e. The summed E-state index contributed by atoms with van der Waals surface area (Å²) in [7, 11) is 0. The molecule has 0 amide bonds. The van der Waals surface area contributed by atoms with Crippen LogP contribution < -0.4 is 5.32 Å². The van der Waals surface area contributed by atoms with E-state index >= 15 is 0 Å². The molecule has 104 valence electrons. The van der Waals surface area contributed by atoms with Gasteiger partial charge >= 0.3 is 0 Å². The molecule has 1 aliphatic carbocycles. The Morgan fingerprint density at radius 3 is 2.85 bits per heavy atom. The first kappa shape index (κ1) is 13.0. The molecule has 0 unspecified atom stereocenters. The zero-order valence-electron chi connectivity index (χ0n) is 11.8. The van der Waals surface area contributed by atoms with Crippen LogP contribution in [0, 0.1) is 12.7 Å². The third-order valence-corrected chi connectivity index (χ3v) is 3.71. The number of aromatic nitrogens is 2. The molecule has 2 aromatic rings. The molecule has 3 nitrogen and oxygen atoms in total. The monoisotopic (exact) mass is 271 g/mol. The predicted octanol–water partition coefficient (Wildman–Crippen LogP) is 3.51. The lowest BCUT2D eigenvalue weighted by Gasteiger charge is -2.12. The van der Waals surface area contributed by atoms with Crippen LogP contribution in [0.3, 0.4) is 0 Å². The second-order valence-corrected chi connectivity index (χ2v) is 5.16. The van der Waals surface area contributed by atoms with E-state index in [4.69, 9.17) is 0 Å². The molecule has 1 N–H and O–H groups in total. The zero-order valence-corrected chi connectivity index (χ0v) is 11.8. The highest BCUT2D eigenvalue weighted by Crippen LogP contribution is 2.30. The van der Waals surface area contributed by atoms with E-state index in [9.17, 15) is 4.39 Å². The van der Waals surface area contributed by atoms with Gasteiger partial charge in [-0.05, 0) is 56.9 Å². The second kappa shape index (κ2) is 5.19. The summed E-state index contributed by atoms with van der Waals surface area (Å²) < 4.78 is 13.2. The minimum atomic E-state index is -0.223. The third kappa shape index (κ3) is 2.26. The molecule has 0 bridgehead atoms. The van der Waals surface area contributed by atoms with Crippen LogP contribution >= 0.6 is 0 Å². The predicted molar refractivity (Wildman–Crippen MR) is 78.4 cm³/mol. The van der Waals surface area contributed by atoms with E-state index in [1.54, 1.807) is 6.07 Å². The number of anilines is 1. The Labute approximate surface area is 118 Å². The largest absolute Gasteiger partial charge is 0.370 e. The minimum Gasteiger partial charge on any atom is -0.370 e. The van der Waals surface area contributed by atoms with Gasteiger partial charge in [-0.15, -0.1) is 0 Å². The molecule has 1 heterocycles. The number of aryl methyl sites for hydroxylation is 2. The van der Waals surface area contributed by atoms with Gasteiger partial charge < -0.3 is 5.32 Å². The topological polar surface area (TPSA) is 37.8 Å². The molecule has 1 aliphatic rings. The van der Waals surface area contributed by atoms with Crippen molar-refractivity contribution in [2.75, 3.05) is 11.9 Å². The Balaban J connectivity index is 2.12. The minimum absolute atomic E-state index is 0.223. The van der Waals surface area contributed by atoms with E-state index in [-0.39, 0.29) is 5.82 Å². The summed E-state index contributed by atoms with van der Waals surface area (Å²) in [5.41, 5.74) is 4.15. The van der Waals surface area contributed by atoms with Gasteiger partial charge in [0.15, 0.2) is 5.82 Å². The summed E-state index contributed by atoms with van der Waals surface area (Å²) in [6.07, 6.45) is 3.18. The quantitative estimate of drug-likeness (QED) is 0.928. The Morgan fingerprint density at radius 1 is 1.25 bits per heavy atom. The summed E-state index contributed by atoms with van der Waals surface area (Å²) in [5.74, 6) is 1.41. The van der Waals surface area contributed by atoms with E-state index in [0.717, 1.165) is 48.4 Å². The van der Waals surface area contributed by atoms with Gasteiger partial charge in [-0.3, -0.25) is 0 Å². The van der Waals surface area contributed by atoms with Gasteiger partial charge in [-0.1, -0.05) is 0 Å². The van der Waals surface area contributed by atoms with E-state index in [1.807, 2.05) is 6.92 Å². The number of benzene rings is 1. The number of halogens is 1. The van der Waals surface area contributed by atoms with Crippen LogP contribution in [0.25, 0.3) is 11.4 Å². The number of hydrogen-bond donors (Lipinski definition) is 1. The number of rotatable bonds is 3. The molecule has 0 radical (unpaired) electrons. The van der Waals surface area contributed by atoms with Crippen molar-refractivity contribution in [3.63, 3.8) is 0 Å². The smallest absolute Gasteiger partial charge is 0.162 e. The van der Waals surface area contributed by atoms with Crippen molar-refractivity contribution in [1.82, 2.24) is 9.97 Å². The zero-order chi connectivity index (χ0) is 14.1. The summed E-state index contributed by atoms with van der Waals surface area (Å²) >= 11 is 0. The third-order valence-electron chi connectivity index (χ3n) is 3.71. The average Bonchev–Trinajstić information content (AvgIpc) is 2.87. The summed E-state index contributed by atoms with van der Waals surface area (Å²) in [6.45, 7) is 4.79. The summed E-state index contributed by atoms with van der Waals surface area (Å²) in [6, 6.07) is 4.75. The van der Waals surface area contributed by atoms with Gasteiger partial charge in [0, 0.05) is 23.4 Å². The molecule has 0 spiro atoms. The van der Waals surface area contributed by atoms with Crippen molar-refractivity contribution in [3.05, 3.63) is 40.8 Å². The number of nitrogens with one attached hydrogen (secondary N) is 1. The van der Waals surface area contributed by atoms with Crippen LogP contribution in [0.15, 0.2) is 18.2 Å². The van der Waals surface area contributed by atoms with Crippen LogP contribution in [0.4, 0.5) is 10.2 Å². The molecule has 0 atom stereocenters. The van der Waals surface area contributed by atoms with Crippen LogP contribution in [0.5, 0.6) is 0 Å². The molecular formula is C16H18FN3. The Hall–Kier alpha value is -1.97. The van der Waals surface area contributed by atoms with Crippen molar-refractivity contribution in [3.8, 4) is 11.4 Å².